The Balaban J connectivity index is 2.16. The Morgan fingerprint density at radius 1 is 1.39 bits per heavy atom. The number of para-hydroxylation sites is 1. The zero-order valence-corrected chi connectivity index (χ0v) is 11.3. The number of halogens is 1. The van der Waals surface area contributed by atoms with Crippen molar-refractivity contribution in [2.75, 3.05) is 31.6 Å². The van der Waals surface area contributed by atoms with Crippen LogP contribution in [-0.4, -0.2) is 32.2 Å². The van der Waals surface area contributed by atoms with Gasteiger partial charge in [-0.1, -0.05) is 23.7 Å². The first-order valence-corrected chi connectivity index (χ1v) is 6.44. The number of anilines is 1. The Morgan fingerprint density at radius 2 is 2.17 bits per heavy atom. The molecule has 0 aliphatic heterocycles. The van der Waals surface area contributed by atoms with E-state index in [1.165, 1.54) is 0 Å². The first-order chi connectivity index (χ1) is 8.74. The molecule has 100 valence electrons. The second kappa shape index (κ2) is 8.91. The summed E-state index contributed by atoms with van der Waals surface area (Å²) in [6, 6.07) is 7.17. The number of carbonyl (C=O) groups excluding carboxylic acids is 1. The fraction of sp³-hybridized carbons (Fsp3) is 0.462. The van der Waals surface area contributed by atoms with Crippen LogP contribution < -0.4 is 10.6 Å². The van der Waals surface area contributed by atoms with Crippen LogP contribution in [0.5, 0.6) is 0 Å². The van der Waals surface area contributed by atoms with E-state index in [-0.39, 0.29) is 12.5 Å². The highest BCUT2D eigenvalue weighted by Crippen LogP contribution is 2.19. The SMILES string of the molecule is CCOCCCNCC(=O)Nc1ccccc1Cl. The molecule has 0 saturated heterocycles. The van der Waals surface area contributed by atoms with Gasteiger partial charge in [0.25, 0.3) is 0 Å². The van der Waals surface area contributed by atoms with Gasteiger partial charge in [-0.15, -0.1) is 0 Å². The van der Waals surface area contributed by atoms with Crippen molar-refractivity contribution in [1.29, 1.82) is 0 Å². The van der Waals surface area contributed by atoms with Gasteiger partial charge in [0.15, 0.2) is 0 Å². The van der Waals surface area contributed by atoms with E-state index in [4.69, 9.17) is 16.3 Å². The van der Waals surface area contributed by atoms with Crippen LogP contribution in [0.3, 0.4) is 0 Å². The third kappa shape index (κ3) is 6.00. The molecule has 1 rings (SSSR count). The van der Waals surface area contributed by atoms with Crippen molar-refractivity contribution in [3.63, 3.8) is 0 Å². The molecule has 5 heteroatoms. The lowest BCUT2D eigenvalue weighted by Gasteiger charge is -2.08. The minimum absolute atomic E-state index is 0.0977. The summed E-state index contributed by atoms with van der Waals surface area (Å²) in [5.74, 6) is -0.0977. The highest BCUT2D eigenvalue weighted by Gasteiger charge is 2.04. The van der Waals surface area contributed by atoms with Crippen molar-refractivity contribution in [3.05, 3.63) is 29.3 Å². The fourth-order valence-corrected chi connectivity index (χ4v) is 1.59. The number of amides is 1. The molecule has 0 saturated carbocycles. The third-order valence-electron chi connectivity index (χ3n) is 2.28. The minimum Gasteiger partial charge on any atom is -0.382 e. The predicted octanol–water partition coefficient (Wildman–Crippen LogP) is 2.29. The third-order valence-corrected chi connectivity index (χ3v) is 2.61. The first kappa shape index (κ1) is 15.0. The summed E-state index contributed by atoms with van der Waals surface area (Å²) in [7, 11) is 0. The summed E-state index contributed by atoms with van der Waals surface area (Å²) in [6.07, 6.45) is 0.896. The molecular formula is C13H19ClN2O2. The van der Waals surface area contributed by atoms with Crippen molar-refractivity contribution in [1.82, 2.24) is 5.32 Å². The Kier molecular flexibility index (Phi) is 7.41. The van der Waals surface area contributed by atoms with Crippen molar-refractivity contribution in [2.24, 2.45) is 0 Å². The minimum atomic E-state index is -0.0977. The number of hydrogen-bond acceptors (Lipinski definition) is 3. The molecule has 4 nitrogen and oxygen atoms in total. The predicted molar refractivity (Wildman–Crippen MR) is 74.1 cm³/mol. The number of hydrogen-bond donors (Lipinski definition) is 2. The maximum absolute atomic E-state index is 11.6. The van der Waals surface area contributed by atoms with Gasteiger partial charge in [0.05, 0.1) is 17.3 Å². The standard InChI is InChI=1S/C13H19ClN2O2/c1-2-18-9-5-8-15-10-13(17)16-12-7-4-3-6-11(12)14/h3-4,6-7,15H,2,5,8-10H2,1H3,(H,16,17). The largest absolute Gasteiger partial charge is 0.382 e. The molecule has 0 radical (unpaired) electrons. The molecule has 0 aliphatic rings. The van der Waals surface area contributed by atoms with Crippen LogP contribution >= 0.6 is 11.6 Å². The molecule has 0 aliphatic carbocycles. The maximum atomic E-state index is 11.6. The van der Waals surface area contributed by atoms with Gasteiger partial charge in [-0.25, -0.2) is 0 Å². The average molecular weight is 271 g/mol. The number of nitrogens with one attached hydrogen (secondary N) is 2. The molecule has 1 aromatic carbocycles. The topological polar surface area (TPSA) is 50.4 Å². The summed E-state index contributed by atoms with van der Waals surface area (Å²) >= 11 is 5.94. The van der Waals surface area contributed by atoms with Gasteiger partial charge in [-0.05, 0) is 32.0 Å². The highest BCUT2D eigenvalue weighted by molar-refractivity contribution is 6.33. The Hall–Kier alpha value is -1.10. The molecular weight excluding hydrogens is 252 g/mol. The van der Waals surface area contributed by atoms with Gasteiger partial charge >= 0.3 is 0 Å². The summed E-state index contributed by atoms with van der Waals surface area (Å²) in [4.78, 5) is 11.6. The summed E-state index contributed by atoms with van der Waals surface area (Å²) in [5.41, 5.74) is 0.639. The summed E-state index contributed by atoms with van der Waals surface area (Å²) in [5, 5.41) is 6.34. The molecule has 0 bridgehead atoms. The second-order valence-corrected chi connectivity index (χ2v) is 4.16. The smallest absolute Gasteiger partial charge is 0.238 e. The van der Waals surface area contributed by atoms with Crippen LogP contribution in [0.25, 0.3) is 0 Å². The summed E-state index contributed by atoms with van der Waals surface area (Å²) in [6.45, 7) is 4.44. The van der Waals surface area contributed by atoms with Gasteiger partial charge in [-0.2, -0.15) is 0 Å². The molecule has 0 heterocycles. The van der Waals surface area contributed by atoms with Crippen LogP contribution in [0.2, 0.25) is 5.02 Å². The van der Waals surface area contributed by atoms with Crippen molar-refractivity contribution >= 4 is 23.2 Å². The fourth-order valence-electron chi connectivity index (χ4n) is 1.40. The lowest BCUT2D eigenvalue weighted by Crippen LogP contribution is -2.29. The molecule has 0 fully saturated rings. The van der Waals surface area contributed by atoms with Gasteiger partial charge in [0.2, 0.25) is 5.91 Å². The average Bonchev–Trinajstić information content (AvgIpc) is 2.36. The van der Waals surface area contributed by atoms with Gasteiger partial charge in [0, 0.05) is 13.2 Å². The van der Waals surface area contributed by atoms with E-state index in [1.54, 1.807) is 12.1 Å². The van der Waals surface area contributed by atoms with Gasteiger partial charge in [0.1, 0.15) is 0 Å². The van der Waals surface area contributed by atoms with E-state index in [0.717, 1.165) is 26.2 Å². The molecule has 0 atom stereocenters. The lowest BCUT2D eigenvalue weighted by atomic mass is 10.3. The van der Waals surface area contributed by atoms with Crippen molar-refractivity contribution in [2.45, 2.75) is 13.3 Å². The van der Waals surface area contributed by atoms with Crippen molar-refractivity contribution in [3.8, 4) is 0 Å². The molecule has 1 aromatic rings. The number of rotatable bonds is 8. The van der Waals surface area contributed by atoms with Crippen LogP contribution in [0.4, 0.5) is 5.69 Å². The van der Waals surface area contributed by atoms with Crippen molar-refractivity contribution < 1.29 is 9.53 Å². The van der Waals surface area contributed by atoms with Crippen LogP contribution in [0.1, 0.15) is 13.3 Å². The molecule has 0 unspecified atom stereocenters. The van der Waals surface area contributed by atoms with Crippen LogP contribution in [-0.2, 0) is 9.53 Å². The Bertz CT molecular complexity index is 372. The van der Waals surface area contributed by atoms with E-state index in [2.05, 4.69) is 10.6 Å². The molecule has 0 aromatic heterocycles. The number of carbonyl (C=O) groups is 1. The Labute approximate surface area is 113 Å². The van der Waals surface area contributed by atoms with E-state index >= 15 is 0 Å². The zero-order valence-electron chi connectivity index (χ0n) is 10.5. The van der Waals surface area contributed by atoms with Gasteiger partial charge in [-0.3, -0.25) is 4.79 Å². The summed E-state index contributed by atoms with van der Waals surface area (Å²) < 4.78 is 5.19. The number of ether oxygens (including phenoxy) is 1. The first-order valence-electron chi connectivity index (χ1n) is 6.07. The van der Waals surface area contributed by atoms with Crippen LogP contribution in [0, 0.1) is 0 Å². The number of benzene rings is 1. The van der Waals surface area contributed by atoms with E-state index in [9.17, 15) is 4.79 Å². The quantitative estimate of drug-likeness (QED) is 0.713. The monoisotopic (exact) mass is 270 g/mol. The maximum Gasteiger partial charge on any atom is 0.238 e. The van der Waals surface area contributed by atoms with E-state index < -0.39 is 0 Å². The molecule has 1 amide bonds. The highest BCUT2D eigenvalue weighted by atomic mass is 35.5. The second-order valence-electron chi connectivity index (χ2n) is 3.76. The van der Waals surface area contributed by atoms with Crippen LogP contribution in [0.15, 0.2) is 24.3 Å². The molecule has 0 spiro atoms. The van der Waals surface area contributed by atoms with Gasteiger partial charge < -0.3 is 15.4 Å². The van der Waals surface area contributed by atoms with E-state index in [1.807, 2.05) is 19.1 Å². The lowest BCUT2D eigenvalue weighted by molar-refractivity contribution is -0.115. The molecule has 18 heavy (non-hydrogen) atoms. The van der Waals surface area contributed by atoms with E-state index in [0.29, 0.717) is 10.7 Å². The molecule has 2 N–H and O–H groups in total. The Morgan fingerprint density at radius 3 is 2.89 bits per heavy atom. The normalized spacial score (nSPS) is 10.3. The zero-order chi connectivity index (χ0) is 13.2.